The van der Waals surface area contributed by atoms with E-state index in [9.17, 15) is 0 Å². The van der Waals surface area contributed by atoms with E-state index < -0.39 is 0 Å². The fourth-order valence-electron chi connectivity index (χ4n) is 3.35. The van der Waals surface area contributed by atoms with Gasteiger partial charge in [0.05, 0.1) is 0 Å². The Morgan fingerprint density at radius 3 is 1.83 bits per heavy atom. The second kappa shape index (κ2) is 9.05. The lowest BCUT2D eigenvalue weighted by Crippen LogP contribution is -1.82. The van der Waals surface area contributed by atoms with Gasteiger partial charge in [-0.2, -0.15) is 0 Å². The lowest BCUT2D eigenvalue weighted by atomic mass is 10.1. The molecule has 0 aliphatic carbocycles. The van der Waals surface area contributed by atoms with E-state index in [2.05, 4.69) is 115 Å². The fourth-order valence-corrected chi connectivity index (χ4v) is 6.77. The van der Waals surface area contributed by atoms with Gasteiger partial charge in [0.2, 0.25) is 21.1 Å². The minimum atomic E-state index is 1.25. The predicted molar refractivity (Wildman–Crippen MR) is 137 cm³/mol. The summed E-state index contributed by atoms with van der Waals surface area (Å²) in [7, 11) is 3.67. The summed E-state index contributed by atoms with van der Waals surface area (Å²) >= 11 is 1.84. The molecular weight excluding hydrogens is 420 g/mol. The van der Waals surface area contributed by atoms with Crippen molar-refractivity contribution in [1.29, 1.82) is 0 Å². The molecule has 1 aliphatic rings. The van der Waals surface area contributed by atoms with Gasteiger partial charge in [-0.3, -0.25) is 0 Å². The molecule has 0 radical (unpaired) electrons. The largest absolute Gasteiger partial charge is 0.239 e. The lowest BCUT2D eigenvalue weighted by Gasteiger charge is -2.01. The zero-order chi connectivity index (χ0) is 20.2. The first kappa shape index (κ1) is 19.4. The summed E-state index contributed by atoms with van der Waals surface area (Å²) in [6, 6.07) is 36.5. The maximum absolute atomic E-state index is 2.32. The van der Waals surface area contributed by atoms with Gasteiger partial charge >= 0.3 is 0 Å². The van der Waals surface area contributed by atoms with Crippen LogP contribution in [0.15, 0.2) is 114 Å². The molecule has 1 aromatic heterocycles. The monoisotopic (exact) mass is 439 g/mol. The van der Waals surface area contributed by atoms with E-state index >= 15 is 0 Å². The minimum Gasteiger partial charge on any atom is -0.0622 e. The molecule has 0 saturated carbocycles. The Kier molecular flexibility index (Phi) is 5.85. The third kappa shape index (κ3) is 4.44. The Balaban J connectivity index is 1.56. The van der Waals surface area contributed by atoms with Crippen LogP contribution in [-0.2, 0) is 0 Å². The maximum Gasteiger partial charge on any atom is 0.239 e. The van der Waals surface area contributed by atoms with E-state index in [0.29, 0.717) is 0 Å². The van der Waals surface area contributed by atoms with Crippen LogP contribution in [0.2, 0.25) is 0 Å². The van der Waals surface area contributed by atoms with Crippen LogP contribution in [0.4, 0.5) is 0 Å². The van der Waals surface area contributed by atoms with Gasteiger partial charge in [0.25, 0.3) is 0 Å². The van der Waals surface area contributed by atoms with Crippen LogP contribution < -0.4 is 0 Å². The molecule has 3 heteroatoms. The average molecular weight is 440 g/mol. The van der Waals surface area contributed by atoms with Gasteiger partial charge in [-0.15, -0.1) is 0 Å². The molecule has 0 saturated heterocycles. The smallest absolute Gasteiger partial charge is 0.0622 e. The zero-order valence-electron chi connectivity index (χ0n) is 16.2. The zero-order valence-corrected chi connectivity index (χ0v) is 18.6. The molecule has 0 amide bonds. The quantitative estimate of drug-likeness (QED) is 0.230. The summed E-state index contributed by atoms with van der Waals surface area (Å²) in [5.41, 5.74) is 5.04. The maximum atomic E-state index is 2.32. The normalized spacial score (nSPS) is 14.7. The molecule has 0 bridgehead atoms. The van der Waals surface area contributed by atoms with Crippen LogP contribution in [0.25, 0.3) is 32.5 Å². The van der Waals surface area contributed by atoms with Gasteiger partial charge < -0.3 is 0 Å². The molecule has 0 fully saturated rings. The summed E-state index contributed by atoms with van der Waals surface area (Å²) in [6.07, 6.45) is 4.62. The summed E-state index contributed by atoms with van der Waals surface area (Å²) in [6.45, 7) is 0. The van der Waals surface area contributed by atoms with E-state index in [-0.39, 0.29) is 0 Å². The fraction of sp³-hybridized carbons (Fsp3) is 0. The molecule has 144 valence electrons. The van der Waals surface area contributed by atoms with E-state index in [0.717, 1.165) is 0 Å². The van der Waals surface area contributed by atoms with Crippen LogP contribution in [0.1, 0.15) is 10.4 Å². The topological polar surface area (TPSA) is 0 Å². The molecule has 3 aromatic carbocycles. The molecule has 1 aliphatic heterocycles. The number of benzene rings is 3. The molecule has 4 aromatic rings. The third-order valence-electron chi connectivity index (χ3n) is 4.82. The van der Waals surface area contributed by atoms with Crippen LogP contribution in [0.3, 0.4) is 0 Å². The first-order valence-corrected chi connectivity index (χ1v) is 12.7. The Labute approximate surface area is 189 Å². The van der Waals surface area contributed by atoms with Crippen LogP contribution in [0.5, 0.6) is 0 Å². The highest BCUT2D eigenvalue weighted by atomic mass is 33.1. The molecule has 30 heavy (non-hydrogen) atoms. The van der Waals surface area contributed by atoms with Crippen molar-refractivity contribution in [2.45, 2.75) is 0 Å². The summed E-state index contributed by atoms with van der Waals surface area (Å²) in [4.78, 5) is 5.16. The number of hydrogen-bond donors (Lipinski definition) is 0. The van der Waals surface area contributed by atoms with Crippen molar-refractivity contribution in [1.82, 2.24) is 0 Å². The van der Waals surface area contributed by atoms with Crippen LogP contribution in [0, 0.1) is 0 Å². The van der Waals surface area contributed by atoms with Gasteiger partial charge in [0.1, 0.15) is 0 Å². The van der Waals surface area contributed by atoms with Gasteiger partial charge in [-0.05, 0) is 34.9 Å². The first-order chi connectivity index (χ1) is 14.8. The van der Waals surface area contributed by atoms with Crippen LogP contribution in [-0.4, -0.2) is 0 Å². The second-order valence-electron chi connectivity index (χ2n) is 6.93. The molecule has 0 atom stereocenters. The highest BCUT2D eigenvalue weighted by molar-refractivity contribution is 8.82. The lowest BCUT2D eigenvalue weighted by molar-refractivity contribution is 1.63. The summed E-state index contributed by atoms with van der Waals surface area (Å²) in [5.74, 6) is 0. The molecular formula is C27H19S3+. The second-order valence-corrected chi connectivity index (χ2v) is 10.3. The van der Waals surface area contributed by atoms with Crippen molar-refractivity contribution in [3.05, 3.63) is 125 Å². The average Bonchev–Trinajstić information content (AvgIpc) is 3.29. The Bertz CT molecular complexity index is 1150. The van der Waals surface area contributed by atoms with E-state index in [1.807, 2.05) is 32.9 Å². The molecule has 5 rings (SSSR count). The highest BCUT2D eigenvalue weighted by Crippen LogP contribution is 2.50. The van der Waals surface area contributed by atoms with Crippen molar-refractivity contribution < 1.29 is 0 Å². The number of hydrogen-bond acceptors (Lipinski definition) is 2. The standard InChI is InChI=1S/C27H19S3/c1-4-10-20(11-5-1)23-16-24(28-26(17-23)21-12-6-2-7-13-21)18-25-19-27(30-29-25)22-14-8-3-9-15-22/h1-19H/q+1. The molecule has 0 unspecified atom stereocenters. The van der Waals surface area contributed by atoms with Crippen LogP contribution >= 0.6 is 32.9 Å². The van der Waals surface area contributed by atoms with Crippen molar-refractivity contribution in [3.63, 3.8) is 0 Å². The third-order valence-corrected chi connectivity index (χ3v) is 8.28. The predicted octanol–water partition coefficient (Wildman–Crippen LogP) is 9.14. The summed E-state index contributed by atoms with van der Waals surface area (Å²) in [5, 5.41) is 0. The van der Waals surface area contributed by atoms with Crippen molar-refractivity contribution in [3.8, 4) is 21.6 Å². The number of rotatable bonds is 4. The molecule has 2 heterocycles. The van der Waals surface area contributed by atoms with E-state index in [1.165, 1.54) is 41.8 Å². The molecule has 0 N–H and O–H groups in total. The summed E-state index contributed by atoms with van der Waals surface area (Å²) < 4.78 is 0. The Hall–Kier alpha value is -2.59. The van der Waals surface area contributed by atoms with Crippen molar-refractivity contribution >= 4 is 43.9 Å². The van der Waals surface area contributed by atoms with Gasteiger partial charge in [0, 0.05) is 33.6 Å². The SMILES string of the molecule is C1=C(c2ccccc2)SS/C1=C\c1cc(-c2ccccc2)cc(-c2ccccc2)[s+]1. The minimum absolute atomic E-state index is 1.25. The van der Waals surface area contributed by atoms with Crippen molar-refractivity contribution in [2.75, 3.05) is 0 Å². The van der Waals surface area contributed by atoms with Gasteiger partial charge in [0.15, 0.2) is 0 Å². The highest BCUT2D eigenvalue weighted by Gasteiger charge is 2.19. The van der Waals surface area contributed by atoms with Crippen molar-refractivity contribution in [2.24, 2.45) is 0 Å². The first-order valence-electron chi connectivity index (χ1n) is 9.77. The Morgan fingerprint density at radius 2 is 1.17 bits per heavy atom. The van der Waals surface area contributed by atoms with Gasteiger partial charge in [-0.1, -0.05) is 100 Å². The molecule has 0 spiro atoms. The van der Waals surface area contributed by atoms with E-state index in [1.54, 1.807) is 0 Å². The van der Waals surface area contributed by atoms with E-state index in [4.69, 9.17) is 0 Å². The number of allylic oxidation sites excluding steroid dienone is 1. The Morgan fingerprint density at radius 1 is 0.567 bits per heavy atom. The molecule has 0 nitrogen and oxygen atoms in total. The van der Waals surface area contributed by atoms with Gasteiger partial charge in [-0.25, -0.2) is 0 Å².